The molecule has 1 saturated carbocycles. The van der Waals surface area contributed by atoms with Crippen molar-refractivity contribution in [1.82, 2.24) is 5.32 Å². The van der Waals surface area contributed by atoms with Gasteiger partial charge in [0.2, 0.25) is 0 Å². The van der Waals surface area contributed by atoms with Gasteiger partial charge in [-0.05, 0) is 50.5 Å². The smallest absolute Gasteiger partial charge is 0.0466 e. The molecular formula is C14H29NO. The molecular weight excluding hydrogens is 198 g/mol. The Balaban J connectivity index is 2.12. The average molecular weight is 227 g/mol. The first kappa shape index (κ1) is 14.0. The van der Waals surface area contributed by atoms with Gasteiger partial charge in [0.15, 0.2) is 0 Å². The van der Waals surface area contributed by atoms with Gasteiger partial charge in [-0.2, -0.15) is 0 Å². The highest BCUT2D eigenvalue weighted by Gasteiger charge is 2.35. The third kappa shape index (κ3) is 4.84. The minimum atomic E-state index is 0.617. The molecule has 2 heteroatoms. The van der Waals surface area contributed by atoms with Crippen molar-refractivity contribution in [3.8, 4) is 0 Å². The molecule has 0 aromatic heterocycles. The quantitative estimate of drug-likeness (QED) is 0.611. The Kier molecular flexibility index (Phi) is 6.37. The summed E-state index contributed by atoms with van der Waals surface area (Å²) in [5, 5.41) is 3.63. The van der Waals surface area contributed by atoms with Crippen molar-refractivity contribution in [2.45, 2.75) is 52.9 Å². The molecule has 0 bridgehead atoms. The molecule has 0 atom stereocenters. The topological polar surface area (TPSA) is 21.3 Å². The van der Waals surface area contributed by atoms with Crippen molar-refractivity contribution in [1.29, 1.82) is 0 Å². The van der Waals surface area contributed by atoms with Crippen LogP contribution in [0.4, 0.5) is 0 Å². The fourth-order valence-electron chi connectivity index (χ4n) is 2.51. The van der Waals surface area contributed by atoms with Crippen LogP contribution >= 0.6 is 0 Å². The highest BCUT2D eigenvalue weighted by atomic mass is 16.5. The number of hydrogen-bond acceptors (Lipinski definition) is 2. The molecule has 0 amide bonds. The lowest BCUT2D eigenvalue weighted by molar-refractivity contribution is 0.0833. The molecule has 0 aromatic rings. The van der Waals surface area contributed by atoms with Gasteiger partial charge in [-0.1, -0.05) is 20.3 Å². The van der Waals surface area contributed by atoms with Crippen molar-refractivity contribution in [3.63, 3.8) is 0 Å². The second-order valence-corrected chi connectivity index (χ2v) is 5.68. The van der Waals surface area contributed by atoms with E-state index in [9.17, 15) is 0 Å². The Labute approximate surface area is 101 Å². The molecule has 0 radical (unpaired) electrons. The van der Waals surface area contributed by atoms with Crippen molar-refractivity contribution in [2.75, 3.05) is 26.3 Å². The first-order valence-corrected chi connectivity index (χ1v) is 6.97. The van der Waals surface area contributed by atoms with Crippen LogP contribution in [-0.2, 0) is 4.74 Å². The van der Waals surface area contributed by atoms with Gasteiger partial charge in [-0.3, -0.25) is 0 Å². The molecule has 0 heterocycles. The van der Waals surface area contributed by atoms with Crippen LogP contribution in [0.25, 0.3) is 0 Å². The lowest BCUT2D eigenvalue weighted by atomic mass is 9.66. The number of hydrogen-bond donors (Lipinski definition) is 1. The van der Waals surface area contributed by atoms with Crippen LogP contribution in [0, 0.1) is 11.3 Å². The zero-order chi connectivity index (χ0) is 11.9. The Morgan fingerprint density at radius 2 is 2.06 bits per heavy atom. The van der Waals surface area contributed by atoms with E-state index in [1.807, 2.05) is 0 Å². The summed E-state index contributed by atoms with van der Waals surface area (Å²) in [7, 11) is 0. The molecule has 0 saturated heterocycles. The first-order valence-electron chi connectivity index (χ1n) is 6.97. The van der Waals surface area contributed by atoms with E-state index >= 15 is 0 Å². The van der Waals surface area contributed by atoms with Gasteiger partial charge >= 0.3 is 0 Å². The standard InChI is InChI=1S/C14H29NO/c1-4-16-10-6-9-14(7-5-8-14)12-15-11-13(2)3/h13,15H,4-12H2,1-3H3. The molecule has 1 fully saturated rings. The Hall–Kier alpha value is -0.0800. The largest absolute Gasteiger partial charge is 0.382 e. The fraction of sp³-hybridized carbons (Fsp3) is 1.00. The van der Waals surface area contributed by atoms with E-state index in [0.29, 0.717) is 5.41 Å². The molecule has 16 heavy (non-hydrogen) atoms. The van der Waals surface area contributed by atoms with Crippen molar-refractivity contribution in [3.05, 3.63) is 0 Å². The minimum absolute atomic E-state index is 0.617. The van der Waals surface area contributed by atoms with E-state index < -0.39 is 0 Å². The van der Waals surface area contributed by atoms with Gasteiger partial charge in [0, 0.05) is 19.8 Å². The van der Waals surface area contributed by atoms with Crippen LogP contribution in [0.5, 0.6) is 0 Å². The van der Waals surface area contributed by atoms with Gasteiger partial charge in [-0.15, -0.1) is 0 Å². The maximum Gasteiger partial charge on any atom is 0.0466 e. The minimum Gasteiger partial charge on any atom is -0.382 e. The highest BCUT2D eigenvalue weighted by molar-refractivity contribution is 4.89. The van der Waals surface area contributed by atoms with E-state index in [0.717, 1.165) is 25.7 Å². The predicted octanol–water partition coefficient (Wildman–Crippen LogP) is 3.22. The van der Waals surface area contributed by atoms with Gasteiger partial charge in [0.05, 0.1) is 0 Å². The van der Waals surface area contributed by atoms with Crippen LogP contribution in [0.1, 0.15) is 52.9 Å². The lowest BCUT2D eigenvalue weighted by Gasteiger charge is -2.42. The zero-order valence-corrected chi connectivity index (χ0v) is 11.3. The van der Waals surface area contributed by atoms with Gasteiger partial charge < -0.3 is 10.1 Å². The van der Waals surface area contributed by atoms with Crippen molar-refractivity contribution in [2.24, 2.45) is 11.3 Å². The Bertz CT molecular complexity index is 176. The number of rotatable bonds is 9. The number of ether oxygens (including phenoxy) is 1. The normalized spacial score (nSPS) is 18.8. The molecule has 96 valence electrons. The van der Waals surface area contributed by atoms with Crippen LogP contribution in [0.2, 0.25) is 0 Å². The van der Waals surface area contributed by atoms with Gasteiger partial charge in [-0.25, -0.2) is 0 Å². The Morgan fingerprint density at radius 3 is 2.56 bits per heavy atom. The molecule has 1 N–H and O–H groups in total. The molecule has 2 nitrogen and oxygen atoms in total. The molecule has 0 aromatic carbocycles. The maximum absolute atomic E-state index is 5.42. The average Bonchev–Trinajstić information content (AvgIpc) is 2.19. The fourth-order valence-corrected chi connectivity index (χ4v) is 2.51. The third-order valence-electron chi connectivity index (χ3n) is 3.67. The molecule has 0 spiro atoms. The van der Waals surface area contributed by atoms with Crippen LogP contribution < -0.4 is 5.32 Å². The number of nitrogens with one attached hydrogen (secondary N) is 1. The van der Waals surface area contributed by atoms with E-state index in [4.69, 9.17) is 4.74 Å². The summed E-state index contributed by atoms with van der Waals surface area (Å²) in [4.78, 5) is 0. The summed E-state index contributed by atoms with van der Waals surface area (Å²) < 4.78 is 5.42. The third-order valence-corrected chi connectivity index (χ3v) is 3.67. The van der Waals surface area contributed by atoms with Crippen molar-refractivity contribution >= 4 is 0 Å². The van der Waals surface area contributed by atoms with Crippen LogP contribution in [-0.4, -0.2) is 26.3 Å². The molecule has 1 rings (SSSR count). The monoisotopic (exact) mass is 227 g/mol. The van der Waals surface area contributed by atoms with Crippen LogP contribution in [0.15, 0.2) is 0 Å². The lowest BCUT2D eigenvalue weighted by Crippen LogP contribution is -2.41. The van der Waals surface area contributed by atoms with E-state index in [1.54, 1.807) is 0 Å². The van der Waals surface area contributed by atoms with E-state index in [-0.39, 0.29) is 0 Å². The summed E-state index contributed by atoms with van der Waals surface area (Å²) in [6, 6.07) is 0. The zero-order valence-electron chi connectivity index (χ0n) is 11.3. The second kappa shape index (κ2) is 7.29. The highest BCUT2D eigenvalue weighted by Crippen LogP contribution is 2.44. The predicted molar refractivity (Wildman–Crippen MR) is 69.7 cm³/mol. The molecule has 1 aliphatic rings. The van der Waals surface area contributed by atoms with E-state index in [2.05, 4.69) is 26.1 Å². The van der Waals surface area contributed by atoms with Gasteiger partial charge in [0.25, 0.3) is 0 Å². The summed E-state index contributed by atoms with van der Waals surface area (Å²) in [6.45, 7) is 10.8. The summed E-state index contributed by atoms with van der Waals surface area (Å²) in [6.07, 6.45) is 6.85. The second-order valence-electron chi connectivity index (χ2n) is 5.68. The molecule has 0 unspecified atom stereocenters. The summed E-state index contributed by atoms with van der Waals surface area (Å²) >= 11 is 0. The van der Waals surface area contributed by atoms with Gasteiger partial charge in [0.1, 0.15) is 0 Å². The summed E-state index contributed by atoms with van der Waals surface area (Å²) in [5.74, 6) is 0.764. The molecule has 0 aliphatic heterocycles. The summed E-state index contributed by atoms with van der Waals surface area (Å²) in [5.41, 5.74) is 0.617. The molecule has 1 aliphatic carbocycles. The van der Waals surface area contributed by atoms with E-state index in [1.165, 1.54) is 38.6 Å². The Morgan fingerprint density at radius 1 is 1.31 bits per heavy atom. The first-order chi connectivity index (χ1) is 7.68. The SMILES string of the molecule is CCOCCCC1(CNCC(C)C)CCC1. The maximum atomic E-state index is 5.42. The van der Waals surface area contributed by atoms with Crippen LogP contribution in [0.3, 0.4) is 0 Å². The van der Waals surface area contributed by atoms with Crippen molar-refractivity contribution < 1.29 is 4.74 Å².